The first kappa shape index (κ1) is 12.1. The zero-order valence-electron chi connectivity index (χ0n) is 7.81. The summed E-state index contributed by atoms with van der Waals surface area (Å²) < 4.78 is 5.14. The molecule has 0 radical (unpaired) electrons. The summed E-state index contributed by atoms with van der Waals surface area (Å²) in [6, 6.07) is 0. The quantitative estimate of drug-likeness (QED) is 0.202. The van der Waals surface area contributed by atoms with Gasteiger partial charge in [0.1, 0.15) is 24.9 Å². The van der Waals surface area contributed by atoms with Crippen molar-refractivity contribution in [2.45, 2.75) is 0 Å². The van der Waals surface area contributed by atoms with Crippen LogP contribution in [0.1, 0.15) is 0 Å². The predicted octanol–water partition coefficient (Wildman–Crippen LogP) is 1.58. The van der Waals surface area contributed by atoms with Crippen molar-refractivity contribution >= 4 is 12.6 Å². The van der Waals surface area contributed by atoms with Gasteiger partial charge < -0.3 is 4.74 Å². The van der Waals surface area contributed by atoms with Gasteiger partial charge in [-0.25, -0.2) is 0 Å². The third-order valence-corrected chi connectivity index (χ3v) is 1.19. The van der Waals surface area contributed by atoms with E-state index in [1.165, 1.54) is 18.2 Å². The molecular weight excluding hydrogens is 180 g/mol. The minimum absolute atomic E-state index is 0.277. The molecule has 0 unspecified atom stereocenters. The van der Waals surface area contributed by atoms with Gasteiger partial charge in [0, 0.05) is 5.57 Å². The van der Waals surface area contributed by atoms with E-state index in [-0.39, 0.29) is 5.57 Å². The van der Waals surface area contributed by atoms with E-state index >= 15 is 0 Å². The van der Waals surface area contributed by atoms with Gasteiger partial charge in [-0.3, -0.25) is 9.59 Å². The predicted molar refractivity (Wildman–Crippen MR) is 54.6 cm³/mol. The summed E-state index contributed by atoms with van der Waals surface area (Å²) in [4.78, 5) is 20.3. The maximum absolute atomic E-state index is 10.3. The Morgan fingerprint density at radius 1 is 1.36 bits per heavy atom. The summed E-state index contributed by atoms with van der Waals surface area (Å²) in [5.74, 6) is 0.397. The second-order valence-electron chi connectivity index (χ2n) is 2.33. The highest BCUT2D eigenvalue weighted by Crippen LogP contribution is 2.03. The highest BCUT2D eigenvalue weighted by molar-refractivity contribution is 5.76. The van der Waals surface area contributed by atoms with Crippen LogP contribution in [0.5, 0.6) is 0 Å². The monoisotopic (exact) mass is 192 g/mol. The Bertz CT molecular complexity index is 285. The van der Waals surface area contributed by atoms with E-state index in [4.69, 9.17) is 4.74 Å². The van der Waals surface area contributed by atoms with Gasteiger partial charge in [0.15, 0.2) is 0 Å². The Hall–Kier alpha value is -1.90. The van der Waals surface area contributed by atoms with Crippen LogP contribution in [0.3, 0.4) is 0 Å². The third kappa shape index (κ3) is 5.71. The molecule has 0 bridgehead atoms. The molecule has 0 aliphatic rings. The lowest BCUT2D eigenvalue weighted by Crippen LogP contribution is -1.91. The van der Waals surface area contributed by atoms with E-state index in [1.54, 1.807) is 6.08 Å². The van der Waals surface area contributed by atoms with Crippen molar-refractivity contribution in [3.05, 3.63) is 48.8 Å². The summed E-state index contributed by atoms with van der Waals surface area (Å²) in [5.41, 5.74) is 0.277. The Labute approximate surface area is 83.1 Å². The van der Waals surface area contributed by atoms with Crippen LogP contribution < -0.4 is 0 Å². The average molecular weight is 192 g/mol. The first-order chi connectivity index (χ1) is 6.74. The van der Waals surface area contributed by atoms with Crippen molar-refractivity contribution in [2.75, 3.05) is 6.61 Å². The molecular formula is C11H12O3. The Morgan fingerprint density at radius 3 is 2.57 bits per heavy atom. The summed E-state index contributed by atoms with van der Waals surface area (Å²) in [7, 11) is 0. The maximum Gasteiger partial charge on any atom is 0.149 e. The number of ether oxygens (including phenoxy) is 1. The van der Waals surface area contributed by atoms with Gasteiger partial charge in [-0.1, -0.05) is 19.2 Å². The fraction of sp³-hybridized carbons (Fsp3) is 0.0909. The average Bonchev–Trinajstić information content (AvgIpc) is 2.21. The number of carbonyl (C=O) groups is 2. The van der Waals surface area contributed by atoms with Crippen molar-refractivity contribution in [3.8, 4) is 0 Å². The first-order valence-electron chi connectivity index (χ1n) is 3.96. The van der Waals surface area contributed by atoms with Crippen molar-refractivity contribution in [1.82, 2.24) is 0 Å². The van der Waals surface area contributed by atoms with Crippen LogP contribution in [0.15, 0.2) is 48.8 Å². The van der Waals surface area contributed by atoms with Gasteiger partial charge in [0.25, 0.3) is 0 Å². The van der Waals surface area contributed by atoms with E-state index in [9.17, 15) is 9.59 Å². The molecule has 0 atom stereocenters. The van der Waals surface area contributed by atoms with E-state index in [1.807, 2.05) is 0 Å². The lowest BCUT2D eigenvalue weighted by molar-refractivity contribution is -0.105. The molecule has 0 aliphatic heterocycles. The highest BCUT2D eigenvalue weighted by Gasteiger charge is 1.93. The Morgan fingerprint density at radius 2 is 2.07 bits per heavy atom. The number of hydrogen-bond acceptors (Lipinski definition) is 3. The molecule has 0 N–H and O–H groups in total. The van der Waals surface area contributed by atoms with Gasteiger partial charge in [0.2, 0.25) is 0 Å². The second-order valence-corrected chi connectivity index (χ2v) is 2.33. The molecule has 0 fully saturated rings. The molecule has 0 saturated carbocycles. The standard InChI is InChI=1S/C11H12O3/c1-3-7-14-11(5-4-6-12)8-10(2)9-13/h3-6,8-9H,1-2,7H2/b5-4+,11-8+. The second kappa shape index (κ2) is 7.73. The van der Waals surface area contributed by atoms with E-state index in [0.717, 1.165) is 0 Å². The number of rotatable bonds is 7. The van der Waals surface area contributed by atoms with Crippen LogP contribution in [0, 0.1) is 0 Å². The Kier molecular flexibility index (Phi) is 6.68. The maximum atomic E-state index is 10.3. The van der Waals surface area contributed by atoms with Gasteiger partial charge >= 0.3 is 0 Å². The van der Waals surface area contributed by atoms with Crippen molar-refractivity contribution in [3.63, 3.8) is 0 Å². The van der Waals surface area contributed by atoms with E-state index < -0.39 is 0 Å². The molecule has 0 aromatic heterocycles. The molecule has 0 rings (SSSR count). The van der Waals surface area contributed by atoms with Crippen LogP contribution in [0.25, 0.3) is 0 Å². The number of carbonyl (C=O) groups excluding carboxylic acids is 2. The molecule has 0 saturated heterocycles. The largest absolute Gasteiger partial charge is 0.490 e. The third-order valence-electron chi connectivity index (χ3n) is 1.19. The number of allylic oxidation sites excluding steroid dienone is 4. The van der Waals surface area contributed by atoms with Crippen LogP contribution in [-0.2, 0) is 14.3 Å². The summed E-state index contributed by atoms with van der Waals surface area (Å²) >= 11 is 0. The lowest BCUT2D eigenvalue weighted by Gasteiger charge is -2.02. The minimum atomic E-state index is 0.277. The molecule has 0 aromatic rings. The summed E-state index contributed by atoms with van der Waals surface area (Å²) in [5, 5.41) is 0. The van der Waals surface area contributed by atoms with Crippen LogP contribution in [0.2, 0.25) is 0 Å². The molecule has 74 valence electrons. The summed E-state index contributed by atoms with van der Waals surface area (Å²) in [6.45, 7) is 7.24. The SMILES string of the molecule is C=CCOC(/C=C/C=O)=C/C(=C)C=O. The van der Waals surface area contributed by atoms with Crippen LogP contribution in [-0.4, -0.2) is 19.2 Å². The summed E-state index contributed by atoms with van der Waals surface area (Å²) in [6.07, 6.45) is 6.95. The van der Waals surface area contributed by atoms with Crippen molar-refractivity contribution in [1.29, 1.82) is 0 Å². The highest BCUT2D eigenvalue weighted by atomic mass is 16.5. The number of aldehydes is 2. The van der Waals surface area contributed by atoms with Crippen LogP contribution in [0.4, 0.5) is 0 Å². The molecule has 0 amide bonds. The zero-order chi connectivity index (χ0) is 10.8. The van der Waals surface area contributed by atoms with Gasteiger partial charge in [-0.2, -0.15) is 0 Å². The fourth-order valence-electron chi connectivity index (χ4n) is 0.644. The molecule has 0 aliphatic carbocycles. The zero-order valence-corrected chi connectivity index (χ0v) is 7.81. The fourth-order valence-corrected chi connectivity index (χ4v) is 0.644. The van der Waals surface area contributed by atoms with E-state index in [2.05, 4.69) is 13.2 Å². The molecule has 0 heterocycles. The first-order valence-corrected chi connectivity index (χ1v) is 3.96. The minimum Gasteiger partial charge on any atom is -0.490 e. The van der Waals surface area contributed by atoms with Gasteiger partial charge in [0.05, 0.1) is 0 Å². The molecule has 0 spiro atoms. The van der Waals surface area contributed by atoms with Gasteiger partial charge in [-0.15, -0.1) is 0 Å². The lowest BCUT2D eigenvalue weighted by atomic mass is 10.3. The van der Waals surface area contributed by atoms with Gasteiger partial charge in [-0.05, 0) is 18.2 Å². The van der Waals surface area contributed by atoms with Crippen molar-refractivity contribution < 1.29 is 14.3 Å². The molecule has 3 heteroatoms. The normalized spacial score (nSPS) is 11.0. The Balaban J connectivity index is 4.51. The molecule has 3 nitrogen and oxygen atoms in total. The van der Waals surface area contributed by atoms with Crippen LogP contribution >= 0.6 is 0 Å². The number of hydrogen-bond donors (Lipinski definition) is 0. The van der Waals surface area contributed by atoms with Crippen molar-refractivity contribution in [2.24, 2.45) is 0 Å². The molecule has 0 aromatic carbocycles. The topological polar surface area (TPSA) is 43.4 Å². The van der Waals surface area contributed by atoms with E-state index in [0.29, 0.717) is 24.9 Å². The molecule has 14 heavy (non-hydrogen) atoms. The smallest absolute Gasteiger partial charge is 0.149 e.